The fourth-order valence-electron chi connectivity index (χ4n) is 2.60. The molecule has 17 heavy (non-hydrogen) atoms. The number of hydrogen-bond acceptors (Lipinski definition) is 1. The van der Waals surface area contributed by atoms with E-state index in [-0.39, 0.29) is 0 Å². The Morgan fingerprint density at radius 2 is 1.82 bits per heavy atom. The molecule has 0 unspecified atom stereocenters. The Morgan fingerprint density at radius 1 is 1.00 bits per heavy atom. The summed E-state index contributed by atoms with van der Waals surface area (Å²) in [5, 5.41) is 3.55. The zero-order chi connectivity index (χ0) is 11.7. The Bertz CT molecular complexity index is 516. The summed E-state index contributed by atoms with van der Waals surface area (Å²) in [5.41, 5.74) is 5.66. The molecule has 1 heterocycles. The smallest absolute Gasteiger partial charge is 0.0217 e. The number of nitrogens with one attached hydrogen (secondary N) is 1. The lowest BCUT2D eigenvalue weighted by molar-refractivity contribution is 0.514. The van der Waals surface area contributed by atoms with Gasteiger partial charge in [0.15, 0.2) is 0 Å². The molecule has 0 radical (unpaired) electrons. The van der Waals surface area contributed by atoms with Crippen molar-refractivity contribution in [1.29, 1.82) is 0 Å². The van der Waals surface area contributed by atoms with Crippen LogP contribution in [-0.2, 0) is 13.0 Å². The second-order valence-electron chi connectivity index (χ2n) is 4.80. The molecule has 3 rings (SSSR count). The Hall–Kier alpha value is -1.60. The number of benzene rings is 2. The molecule has 0 spiro atoms. The minimum Gasteiger partial charge on any atom is -0.310 e. The Kier molecular flexibility index (Phi) is 2.69. The van der Waals surface area contributed by atoms with Crippen LogP contribution in [0.5, 0.6) is 0 Å². The van der Waals surface area contributed by atoms with Crippen molar-refractivity contribution in [3.8, 4) is 11.1 Å². The van der Waals surface area contributed by atoms with E-state index in [4.69, 9.17) is 0 Å². The van der Waals surface area contributed by atoms with Gasteiger partial charge in [0.05, 0.1) is 0 Å². The third-order valence-corrected chi connectivity index (χ3v) is 3.51. The predicted octanol–water partition coefficient (Wildman–Crippen LogP) is 3.39. The van der Waals surface area contributed by atoms with Gasteiger partial charge in [0.2, 0.25) is 0 Å². The minimum absolute atomic E-state index is 0.591. The lowest BCUT2D eigenvalue weighted by Crippen LogP contribution is -2.33. The molecule has 1 atom stereocenters. The summed E-state index contributed by atoms with van der Waals surface area (Å²) in [6.45, 7) is 3.24. The topological polar surface area (TPSA) is 12.0 Å². The van der Waals surface area contributed by atoms with Gasteiger partial charge in [-0.2, -0.15) is 0 Å². The van der Waals surface area contributed by atoms with E-state index in [0.717, 1.165) is 13.0 Å². The van der Waals surface area contributed by atoms with Gasteiger partial charge in [-0.3, -0.25) is 0 Å². The highest BCUT2D eigenvalue weighted by Gasteiger charge is 2.17. The second-order valence-corrected chi connectivity index (χ2v) is 4.80. The van der Waals surface area contributed by atoms with Crippen LogP contribution < -0.4 is 5.32 Å². The summed E-state index contributed by atoms with van der Waals surface area (Å²) >= 11 is 0. The molecule has 1 heteroatoms. The standard InChI is InChI=1S/C16H17N/c1-12-10-14-8-5-9-15(16(14)11-17-12)13-6-3-2-4-7-13/h2-9,12,17H,10-11H2,1H3/t12-/m1/s1. The molecule has 1 aliphatic rings. The summed E-state index contributed by atoms with van der Waals surface area (Å²) in [6, 6.07) is 17.9. The van der Waals surface area contributed by atoms with Crippen LogP contribution in [0.1, 0.15) is 18.1 Å². The third kappa shape index (κ3) is 1.98. The van der Waals surface area contributed by atoms with Crippen LogP contribution in [0.3, 0.4) is 0 Å². The van der Waals surface area contributed by atoms with Crippen molar-refractivity contribution in [2.75, 3.05) is 0 Å². The maximum Gasteiger partial charge on any atom is 0.0217 e. The first kappa shape index (κ1) is 10.5. The quantitative estimate of drug-likeness (QED) is 0.781. The minimum atomic E-state index is 0.591. The van der Waals surface area contributed by atoms with Gasteiger partial charge in [-0.05, 0) is 35.6 Å². The molecule has 0 aromatic heterocycles. The normalized spacial score (nSPS) is 18.8. The number of fused-ring (bicyclic) bond motifs is 1. The SMILES string of the molecule is C[C@@H]1Cc2cccc(-c3ccccc3)c2CN1. The highest BCUT2D eigenvalue weighted by atomic mass is 14.9. The molecule has 1 aliphatic heterocycles. The highest BCUT2D eigenvalue weighted by molar-refractivity contribution is 5.69. The molecule has 0 saturated carbocycles. The summed E-state index contributed by atoms with van der Waals surface area (Å²) in [7, 11) is 0. The predicted molar refractivity (Wildman–Crippen MR) is 71.9 cm³/mol. The molecule has 2 aromatic rings. The van der Waals surface area contributed by atoms with E-state index < -0.39 is 0 Å². The lowest BCUT2D eigenvalue weighted by atomic mass is 9.90. The second kappa shape index (κ2) is 4.34. The van der Waals surface area contributed by atoms with Gasteiger partial charge >= 0.3 is 0 Å². The first-order chi connectivity index (χ1) is 8.34. The zero-order valence-electron chi connectivity index (χ0n) is 10.1. The van der Waals surface area contributed by atoms with Crippen molar-refractivity contribution in [2.24, 2.45) is 0 Å². The average Bonchev–Trinajstić information content (AvgIpc) is 2.39. The molecule has 0 fully saturated rings. The maximum absolute atomic E-state index is 3.55. The van der Waals surface area contributed by atoms with Gasteiger partial charge in [-0.1, -0.05) is 48.5 Å². The fourth-order valence-corrected chi connectivity index (χ4v) is 2.60. The molecule has 2 aromatic carbocycles. The molecule has 0 amide bonds. The molecule has 0 bridgehead atoms. The summed E-state index contributed by atoms with van der Waals surface area (Å²) in [5.74, 6) is 0. The van der Waals surface area contributed by atoms with Crippen LogP contribution in [0.2, 0.25) is 0 Å². The molecular weight excluding hydrogens is 206 g/mol. The van der Waals surface area contributed by atoms with Gasteiger partial charge in [0.1, 0.15) is 0 Å². The van der Waals surface area contributed by atoms with E-state index in [9.17, 15) is 0 Å². The van der Waals surface area contributed by atoms with Crippen LogP contribution in [-0.4, -0.2) is 6.04 Å². The van der Waals surface area contributed by atoms with Crippen molar-refractivity contribution < 1.29 is 0 Å². The van der Waals surface area contributed by atoms with Crippen LogP contribution >= 0.6 is 0 Å². The molecule has 1 nitrogen and oxygen atoms in total. The van der Waals surface area contributed by atoms with Gasteiger partial charge in [0, 0.05) is 12.6 Å². The van der Waals surface area contributed by atoms with Gasteiger partial charge in [0.25, 0.3) is 0 Å². The van der Waals surface area contributed by atoms with Crippen LogP contribution in [0.25, 0.3) is 11.1 Å². The molecule has 0 saturated heterocycles. The van der Waals surface area contributed by atoms with E-state index in [2.05, 4.69) is 60.8 Å². The average molecular weight is 223 g/mol. The highest BCUT2D eigenvalue weighted by Crippen LogP contribution is 2.28. The van der Waals surface area contributed by atoms with Gasteiger partial charge in [-0.25, -0.2) is 0 Å². The third-order valence-electron chi connectivity index (χ3n) is 3.51. The van der Waals surface area contributed by atoms with E-state index in [1.807, 2.05) is 0 Å². The van der Waals surface area contributed by atoms with Crippen LogP contribution in [0, 0.1) is 0 Å². The fraction of sp³-hybridized carbons (Fsp3) is 0.250. The van der Waals surface area contributed by atoms with E-state index in [1.54, 1.807) is 0 Å². The Labute approximate surface area is 102 Å². The van der Waals surface area contributed by atoms with E-state index in [0.29, 0.717) is 6.04 Å². The van der Waals surface area contributed by atoms with Gasteiger partial charge < -0.3 is 5.32 Å². The van der Waals surface area contributed by atoms with Crippen molar-refractivity contribution in [3.63, 3.8) is 0 Å². The summed E-state index contributed by atoms with van der Waals surface area (Å²) in [4.78, 5) is 0. The first-order valence-electron chi connectivity index (χ1n) is 6.24. The van der Waals surface area contributed by atoms with E-state index in [1.165, 1.54) is 22.3 Å². The van der Waals surface area contributed by atoms with Crippen molar-refractivity contribution in [3.05, 3.63) is 59.7 Å². The summed E-state index contributed by atoms with van der Waals surface area (Å²) in [6.07, 6.45) is 1.13. The van der Waals surface area contributed by atoms with E-state index >= 15 is 0 Å². The first-order valence-corrected chi connectivity index (χ1v) is 6.24. The number of hydrogen-bond donors (Lipinski definition) is 1. The summed E-state index contributed by atoms with van der Waals surface area (Å²) < 4.78 is 0. The zero-order valence-corrected chi connectivity index (χ0v) is 10.1. The Balaban J connectivity index is 2.10. The lowest BCUT2D eigenvalue weighted by Gasteiger charge is -2.25. The van der Waals surface area contributed by atoms with Crippen LogP contribution in [0.15, 0.2) is 48.5 Å². The van der Waals surface area contributed by atoms with Crippen molar-refractivity contribution in [1.82, 2.24) is 5.32 Å². The molecule has 86 valence electrons. The maximum atomic E-state index is 3.55. The molecule has 1 N–H and O–H groups in total. The van der Waals surface area contributed by atoms with Crippen molar-refractivity contribution >= 4 is 0 Å². The molecular formula is C16H17N. The van der Waals surface area contributed by atoms with Gasteiger partial charge in [-0.15, -0.1) is 0 Å². The largest absolute Gasteiger partial charge is 0.310 e. The Morgan fingerprint density at radius 3 is 2.65 bits per heavy atom. The molecule has 0 aliphatic carbocycles. The van der Waals surface area contributed by atoms with Crippen LogP contribution in [0.4, 0.5) is 0 Å². The van der Waals surface area contributed by atoms with Crippen molar-refractivity contribution in [2.45, 2.75) is 25.9 Å². The monoisotopic (exact) mass is 223 g/mol. The number of rotatable bonds is 1.